The number of sulfonamides is 1. The van der Waals surface area contributed by atoms with Crippen LogP contribution in [0.25, 0.3) is 0 Å². The molecule has 8 nitrogen and oxygen atoms in total. The smallest absolute Gasteiger partial charge is 0.241 e. The summed E-state index contributed by atoms with van der Waals surface area (Å²) in [6.45, 7) is 2.70. The Hall–Kier alpha value is -1.95. The van der Waals surface area contributed by atoms with E-state index >= 15 is 0 Å². The van der Waals surface area contributed by atoms with Crippen molar-refractivity contribution in [2.24, 2.45) is 5.92 Å². The third-order valence-electron chi connectivity index (χ3n) is 5.29. The summed E-state index contributed by atoms with van der Waals surface area (Å²) < 4.78 is 28.1. The van der Waals surface area contributed by atoms with E-state index in [0.717, 1.165) is 5.69 Å². The monoisotopic (exact) mass is 496 g/mol. The van der Waals surface area contributed by atoms with Gasteiger partial charge in [0, 0.05) is 24.4 Å². The quantitative estimate of drug-likeness (QED) is 0.553. The van der Waals surface area contributed by atoms with Crippen LogP contribution >= 0.6 is 23.1 Å². The maximum atomic E-state index is 13.2. The molecule has 1 aliphatic rings. The fourth-order valence-corrected chi connectivity index (χ4v) is 5.93. The van der Waals surface area contributed by atoms with Crippen LogP contribution in [-0.2, 0) is 19.6 Å². The molecule has 1 aromatic carbocycles. The molecule has 1 atom stereocenters. The van der Waals surface area contributed by atoms with Crippen LogP contribution in [0.2, 0.25) is 0 Å². The van der Waals surface area contributed by atoms with Crippen LogP contribution < -0.4 is 10.0 Å². The van der Waals surface area contributed by atoms with Gasteiger partial charge in [-0.2, -0.15) is 16.5 Å². The highest BCUT2D eigenvalue weighted by molar-refractivity contribution is 7.98. The lowest BCUT2D eigenvalue weighted by molar-refractivity contribution is -0.136. The largest absolute Gasteiger partial charge is 0.341 e. The van der Waals surface area contributed by atoms with Gasteiger partial charge in [-0.1, -0.05) is 18.2 Å². The number of nitrogens with one attached hydrogen (secondary N) is 2. The van der Waals surface area contributed by atoms with Gasteiger partial charge in [-0.15, -0.1) is 11.3 Å². The number of rotatable bonds is 9. The topological polar surface area (TPSA) is 108 Å². The van der Waals surface area contributed by atoms with E-state index in [2.05, 4.69) is 15.0 Å². The Morgan fingerprint density at radius 2 is 1.94 bits per heavy atom. The first kappa shape index (κ1) is 24.7. The summed E-state index contributed by atoms with van der Waals surface area (Å²) in [4.78, 5) is 31.7. The van der Waals surface area contributed by atoms with Crippen molar-refractivity contribution in [3.05, 3.63) is 41.4 Å². The van der Waals surface area contributed by atoms with E-state index < -0.39 is 16.1 Å². The second kappa shape index (κ2) is 11.3. The third kappa shape index (κ3) is 6.53. The Morgan fingerprint density at radius 3 is 2.53 bits per heavy atom. The van der Waals surface area contributed by atoms with Crippen LogP contribution in [0.3, 0.4) is 0 Å². The Kier molecular flexibility index (Phi) is 8.69. The highest BCUT2D eigenvalue weighted by Crippen LogP contribution is 2.22. The van der Waals surface area contributed by atoms with Gasteiger partial charge < -0.3 is 10.2 Å². The molecule has 1 saturated heterocycles. The van der Waals surface area contributed by atoms with Crippen LogP contribution in [-0.4, -0.2) is 61.3 Å². The SMILES string of the molecule is CSCCC(NS(=O)(=O)c1ccccc1)C(=O)N1CCC(C(=O)Nc2nc(C)cs2)CC1. The van der Waals surface area contributed by atoms with E-state index in [4.69, 9.17) is 0 Å². The molecule has 2 aromatic rings. The number of hydrogen-bond donors (Lipinski definition) is 2. The van der Waals surface area contributed by atoms with Crippen molar-refractivity contribution < 1.29 is 18.0 Å². The van der Waals surface area contributed by atoms with E-state index in [-0.39, 0.29) is 22.6 Å². The van der Waals surface area contributed by atoms with Crippen molar-refractivity contribution >= 4 is 50.1 Å². The van der Waals surface area contributed by atoms with Crippen LogP contribution in [0, 0.1) is 12.8 Å². The highest BCUT2D eigenvalue weighted by atomic mass is 32.2. The third-order valence-corrected chi connectivity index (χ3v) is 8.29. The van der Waals surface area contributed by atoms with E-state index in [0.29, 0.717) is 43.2 Å². The molecule has 0 spiro atoms. The van der Waals surface area contributed by atoms with Crippen molar-refractivity contribution in [3.8, 4) is 0 Å². The molecule has 0 aliphatic carbocycles. The number of benzene rings is 1. The lowest BCUT2D eigenvalue weighted by Crippen LogP contribution is -2.51. The molecule has 0 bridgehead atoms. The van der Waals surface area contributed by atoms with Crippen LogP contribution in [0.4, 0.5) is 5.13 Å². The summed E-state index contributed by atoms with van der Waals surface area (Å²) in [5.74, 6) is 0.122. The number of amides is 2. The van der Waals surface area contributed by atoms with Crippen molar-refractivity contribution in [1.82, 2.24) is 14.6 Å². The minimum Gasteiger partial charge on any atom is -0.341 e. The standard InChI is InChI=1S/C21H28N4O4S3/c1-15-14-31-21(22-15)23-19(26)16-8-11-25(12-9-16)20(27)18(10-13-30-2)24-32(28,29)17-6-4-3-5-7-17/h3-7,14,16,18,24H,8-13H2,1-2H3,(H,22,23,26). The lowest BCUT2D eigenvalue weighted by Gasteiger charge is -2.33. The van der Waals surface area contributed by atoms with Gasteiger partial charge in [0.05, 0.1) is 10.6 Å². The summed E-state index contributed by atoms with van der Waals surface area (Å²) in [5, 5.41) is 5.31. The van der Waals surface area contributed by atoms with Crippen molar-refractivity contribution in [2.45, 2.75) is 37.1 Å². The number of piperidine rings is 1. The molecule has 1 unspecified atom stereocenters. The predicted molar refractivity (Wildman–Crippen MR) is 128 cm³/mol. The summed E-state index contributed by atoms with van der Waals surface area (Å²) in [7, 11) is -3.81. The van der Waals surface area contributed by atoms with Gasteiger partial charge >= 0.3 is 0 Å². The molecular formula is C21H28N4O4S3. The minimum absolute atomic E-state index is 0.0878. The van der Waals surface area contributed by atoms with Crippen molar-refractivity contribution in [3.63, 3.8) is 0 Å². The molecule has 2 amide bonds. The Labute approximate surface area is 197 Å². The van der Waals surface area contributed by atoms with Crippen LogP contribution in [0.5, 0.6) is 0 Å². The lowest BCUT2D eigenvalue weighted by atomic mass is 9.95. The molecular weight excluding hydrogens is 468 g/mol. The molecule has 1 fully saturated rings. The number of carbonyl (C=O) groups excluding carboxylic acids is 2. The van der Waals surface area contributed by atoms with Crippen molar-refractivity contribution in [2.75, 3.05) is 30.4 Å². The van der Waals surface area contributed by atoms with Gasteiger partial charge in [0.25, 0.3) is 0 Å². The van der Waals surface area contributed by atoms with E-state index in [1.54, 1.807) is 34.9 Å². The number of aromatic nitrogens is 1. The Morgan fingerprint density at radius 1 is 1.25 bits per heavy atom. The molecule has 174 valence electrons. The summed E-state index contributed by atoms with van der Waals surface area (Å²) in [6.07, 6.45) is 3.38. The highest BCUT2D eigenvalue weighted by Gasteiger charge is 2.33. The summed E-state index contributed by atoms with van der Waals surface area (Å²) >= 11 is 2.95. The fraction of sp³-hybridized carbons (Fsp3) is 0.476. The Bertz CT molecular complexity index is 1020. The van der Waals surface area contributed by atoms with E-state index in [1.165, 1.54) is 23.5 Å². The van der Waals surface area contributed by atoms with E-state index in [1.807, 2.05) is 18.6 Å². The zero-order valence-electron chi connectivity index (χ0n) is 18.1. The number of hydrogen-bond acceptors (Lipinski definition) is 7. The number of nitrogens with zero attached hydrogens (tertiary/aromatic N) is 2. The molecule has 2 heterocycles. The second-order valence-corrected chi connectivity index (χ2v) is 11.2. The number of thiazole rings is 1. The molecule has 0 saturated carbocycles. The number of aryl methyl sites for hydroxylation is 1. The zero-order valence-corrected chi connectivity index (χ0v) is 20.6. The number of thioether (sulfide) groups is 1. The fourth-order valence-electron chi connectivity index (χ4n) is 3.52. The molecule has 1 aliphatic heterocycles. The molecule has 2 N–H and O–H groups in total. The first-order valence-electron chi connectivity index (χ1n) is 10.4. The normalized spacial score (nSPS) is 16.0. The molecule has 0 radical (unpaired) electrons. The molecule has 11 heteroatoms. The molecule has 1 aromatic heterocycles. The zero-order chi connectivity index (χ0) is 23.1. The number of carbonyl (C=O) groups is 2. The molecule has 32 heavy (non-hydrogen) atoms. The summed E-state index contributed by atoms with van der Waals surface area (Å²) in [5.41, 5.74) is 0.861. The predicted octanol–water partition coefficient (Wildman–Crippen LogP) is 2.73. The number of anilines is 1. The maximum Gasteiger partial charge on any atom is 0.241 e. The number of likely N-dealkylation sites (tertiary alicyclic amines) is 1. The van der Waals surface area contributed by atoms with Gasteiger partial charge in [-0.05, 0) is 50.3 Å². The van der Waals surface area contributed by atoms with Gasteiger partial charge in [0.15, 0.2) is 5.13 Å². The van der Waals surface area contributed by atoms with Crippen molar-refractivity contribution in [1.29, 1.82) is 0 Å². The van der Waals surface area contributed by atoms with Crippen LogP contribution in [0.15, 0.2) is 40.6 Å². The van der Waals surface area contributed by atoms with Gasteiger partial charge in [-0.3, -0.25) is 9.59 Å². The maximum absolute atomic E-state index is 13.2. The Balaban J connectivity index is 1.60. The second-order valence-electron chi connectivity index (χ2n) is 7.65. The summed E-state index contributed by atoms with van der Waals surface area (Å²) in [6, 6.07) is 7.22. The average Bonchev–Trinajstić information content (AvgIpc) is 3.21. The van der Waals surface area contributed by atoms with Crippen LogP contribution in [0.1, 0.15) is 25.0 Å². The minimum atomic E-state index is -3.81. The molecule has 3 rings (SSSR count). The average molecular weight is 497 g/mol. The van der Waals surface area contributed by atoms with Gasteiger partial charge in [-0.25, -0.2) is 13.4 Å². The first-order valence-corrected chi connectivity index (χ1v) is 14.1. The van der Waals surface area contributed by atoms with Gasteiger partial charge in [0.2, 0.25) is 21.8 Å². The van der Waals surface area contributed by atoms with Gasteiger partial charge in [0.1, 0.15) is 6.04 Å². The van der Waals surface area contributed by atoms with E-state index in [9.17, 15) is 18.0 Å². The first-order chi connectivity index (χ1) is 15.3.